The first-order chi connectivity index (χ1) is 8.97. The Morgan fingerprint density at radius 2 is 2.26 bits per heavy atom. The predicted octanol–water partition coefficient (Wildman–Crippen LogP) is 0.517. The number of benzene rings is 1. The van der Waals surface area contributed by atoms with Crippen LogP contribution in [0.4, 0.5) is 11.4 Å². The van der Waals surface area contributed by atoms with Crippen molar-refractivity contribution >= 4 is 23.2 Å². The van der Waals surface area contributed by atoms with Gasteiger partial charge in [0.2, 0.25) is 11.8 Å². The van der Waals surface area contributed by atoms with Crippen molar-refractivity contribution in [1.29, 1.82) is 0 Å². The minimum atomic E-state index is -0.650. The first kappa shape index (κ1) is 12.8. The lowest BCUT2D eigenvalue weighted by Gasteiger charge is -2.11. The summed E-state index contributed by atoms with van der Waals surface area (Å²) in [5.41, 5.74) is -0.207. The lowest BCUT2D eigenvalue weighted by atomic mass is 10.2. The Morgan fingerprint density at radius 3 is 2.79 bits per heavy atom. The van der Waals surface area contributed by atoms with E-state index >= 15 is 0 Å². The Hall–Kier alpha value is -2.64. The molecule has 1 aliphatic rings. The summed E-state index contributed by atoms with van der Waals surface area (Å²) in [7, 11) is 0. The average Bonchev–Trinajstić information content (AvgIpc) is 2.78. The number of anilines is 1. The molecular weight excluding hydrogens is 254 g/mol. The number of nitro groups is 1. The highest BCUT2D eigenvalue weighted by Crippen LogP contribution is 2.28. The molecule has 1 saturated heterocycles. The van der Waals surface area contributed by atoms with E-state index in [0.717, 1.165) is 6.07 Å². The number of phenolic OH excluding ortho intramolecular Hbond substituents is 1. The molecule has 0 aliphatic carbocycles. The van der Waals surface area contributed by atoms with Gasteiger partial charge in [0.05, 0.1) is 16.7 Å². The van der Waals surface area contributed by atoms with Gasteiger partial charge in [0.15, 0.2) is 0 Å². The number of non-ortho nitro benzene ring substituents is 1. The molecule has 19 heavy (non-hydrogen) atoms. The summed E-state index contributed by atoms with van der Waals surface area (Å²) in [6, 6.07) is 2.72. The van der Waals surface area contributed by atoms with Crippen molar-refractivity contribution in [3.63, 3.8) is 0 Å². The molecule has 0 radical (unpaired) electrons. The molecule has 0 saturated carbocycles. The molecule has 8 heteroatoms. The summed E-state index contributed by atoms with van der Waals surface area (Å²) in [6.07, 6.45) is 0.669. The molecule has 0 spiro atoms. The molecule has 1 atom stereocenters. The van der Waals surface area contributed by atoms with Crippen LogP contribution in [-0.4, -0.2) is 27.9 Å². The molecule has 1 aromatic carbocycles. The van der Waals surface area contributed by atoms with E-state index in [1.165, 1.54) is 12.1 Å². The zero-order valence-corrected chi connectivity index (χ0v) is 9.75. The summed E-state index contributed by atoms with van der Waals surface area (Å²) in [5.74, 6) is -1.06. The number of nitrogens with one attached hydrogen (secondary N) is 2. The van der Waals surface area contributed by atoms with Crippen LogP contribution in [0.25, 0.3) is 0 Å². The van der Waals surface area contributed by atoms with Crippen molar-refractivity contribution in [1.82, 2.24) is 5.32 Å². The van der Waals surface area contributed by atoms with Gasteiger partial charge in [-0.2, -0.15) is 0 Å². The third-order valence-corrected chi connectivity index (χ3v) is 2.76. The lowest BCUT2D eigenvalue weighted by molar-refractivity contribution is -0.384. The molecule has 2 amide bonds. The Balaban J connectivity index is 2.09. The summed E-state index contributed by atoms with van der Waals surface area (Å²) in [5, 5.41) is 25.0. The first-order valence-electron chi connectivity index (χ1n) is 5.55. The van der Waals surface area contributed by atoms with E-state index in [1.54, 1.807) is 0 Å². The largest absolute Gasteiger partial charge is 0.506 e. The summed E-state index contributed by atoms with van der Waals surface area (Å²) >= 11 is 0. The molecule has 2 rings (SSSR count). The molecule has 100 valence electrons. The van der Waals surface area contributed by atoms with Crippen LogP contribution in [0.2, 0.25) is 0 Å². The van der Waals surface area contributed by atoms with E-state index in [-0.39, 0.29) is 23.7 Å². The van der Waals surface area contributed by atoms with Gasteiger partial charge in [-0.3, -0.25) is 19.7 Å². The third kappa shape index (κ3) is 2.79. The highest BCUT2D eigenvalue weighted by molar-refractivity contribution is 5.99. The Kier molecular flexibility index (Phi) is 3.32. The van der Waals surface area contributed by atoms with Crippen LogP contribution in [0.15, 0.2) is 18.2 Å². The van der Waals surface area contributed by atoms with E-state index in [0.29, 0.717) is 6.42 Å². The fourth-order valence-electron chi connectivity index (χ4n) is 1.77. The van der Waals surface area contributed by atoms with E-state index in [1.807, 2.05) is 0 Å². The van der Waals surface area contributed by atoms with Gasteiger partial charge in [0.1, 0.15) is 11.8 Å². The van der Waals surface area contributed by atoms with E-state index in [4.69, 9.17) is 0 Å². The topological polar surface area (TPSA) is 122 Å². The minimum absolute atomic E-state index is 0.0664. The van der Waals surface area contributed by atoms with Crippen molar-refractivity contribution in [2.45, 2.75) is 18.9 Å². The maximum absolute atomic E-state index is 11.8. The fourth-order valence-corrected chi connectivity index (χ4v) is 1.77. The van der Waals surface area contributed by atoms with E-state index < -0.39 is 22.6 Å². The lowest BCUT2D eigenvalue weighted by Crippen LogP contribution is -2.37. The van der Waals surface area contributed by atoms with Crippen LogP contribution in [0.5, 0.6) is 5.75 Å². The molecule has 1 aliphatic heterocycles. The van der Waals surface area contributed by atoms with E-state index in [2.05, 4.69) is 10.6 Å². The minimum Gasteiger partial charge on any atom is -0.506 e. The van der Waals surface area contributed by atoms with Crippen molar-refractivity contribution in [2.75, 3.05) is 5.32 Å². The summed E-state index contributed by atoms with van der Waals surface area (Å²) < 4.78 is 0. The number of nitrogens with zero attached hydrogens (tertiary/aromatic N) is 1. The predicted molar refractivity (Wildman–Crippen MR) is 64.6 cm³/mol. The van der Waals surface area contributed by atoms with Crippen molar-refractivity contribution in [3.05, 3.63) is 28.3 Å². The highest BCUT2D eigenvalue weighted by Gasteiger charge is 2.27. The SMILES string of the molecule is O=C1CC[C@H](C(=O)Nc2ccc([N+](=O)[O-])cc2O)N1. The molecule has 1 fully saturated rings. The molecule has 1 heterocycles. The van der Waals surface area contributed by atoms with Gasteiger partial charge in [-0.15, -0.1) is 0 Å². The number of carbonyl (C=O) groups excluding carboxylic acids is 2. The molecule has 3 N–H and O–H groups in total. The Morgan fingerprint density at radius 1 is 1.53 bits per heavy atom. The van der Waals surface area contributed by atoms with Crippen LogP contribution >= 0.6 is 0 Å². The van der Waals surface area contributed by atoms with Gasteiger partial charge in [-0.1, -0.05) is 0 Å². The number of aromatic hydroxyl groups is 1. The summed E-state index contributed by atoms with van der Waals surface area (Å²) in [6.45, 7) is 0. The quantitative estimate of drug-likeness (QED) is 0.417. The van der Waals surface area contributed by atoms with E-state index in [9.17, 15) is 24.8 Å². The average molecular weight is 265 g/mol. The van der Waals surface area contributed by atoms with Crippen molar-refractivity contribution < 1.29 is 19.6 Å². The highest BCUT2D eigenvalue weighted by atomic mass is 16.6. The Labute approximate surface area is 107 Å². The number of hydrogen-bond donors (Lipinski definition) is 3. The maximum atomic E-state index is 11.8. The van der Waals surface area contributed by atoms with Crippen molar-refractivity contribution in [2.24, 2.45) is 0 Å². The zero-order valence-electron chi connectivity index (χ0n) is 9.75. The molecule has 0 bridgehead atoms. The standard InChI is InChI=1S/C11H11N3O5/c15-9-5-6(14(18)19)1-2-7(9)13-11(17)8-3-4-10(16)12-8/h1-2,5,8,15H,3-4H2,(H,12,16)(H,13,17)/t8-/m1/s1. The Bertz CT molecular complexity index is 557. The van der Waals surface area contributed by atoms with Crippen molar-refractivity contribution in [3.8, 4) is 5.75 Å². The third-order valence-electron chi connectivity index (χ3n) is 2.76. The summed E-state index contributed by atoms with van der Waals surface area (Å²) in [4.78, 5) is 32.6. The number of rotatable bonds is 3. The van der Waals surface area contributed by atoms with Crippen LogP contribution in [-0.2, 0) is 9.59 Å². The van der Waals surface area contributed by atoms with Gasteiger partial charge in [-0.25, -0.2) is 0 Å². The zero-order chi connectivity index (χ0) is 14.0. The van der Waals surface area contributed by atoms with Crippen LogP contribution in [0.3, 0.4) is 0 Å². The van der Waals surface area contributed by atoms with Gasteiger partial charge in [0, 0.05) is 12.5 Å². The number of hydrogen-bond acceptors (Lipinski definition) is 5. The van der Waals surface area contributed by atoms with Crippen LogP contribution < -0.4 is 10.6 Å². The smallest absolute Gasteiger partial charge is 0.273 e. The number of phenols is 1. The van der Waals surface area contributed by atoms with Gasteiger partial charge in [-0.05, 0) is 12.5 Å². The molecule has 0 aromatic heterocycles. The van der Waals surface area contributed by atoms with Gasteiger partial charge in [0.25, 0.3) is 5.69 Å². The number of carbonyl (C=O) groups is 2. The monoisotopic (exact) mass is 265 g/mol. The molecule has 0 unspecified atom stereocenters. The van der Waals surface area contributed by atoms with Crippen LogP contribution in [0, 0.1) is 10.1 Å². The first-order valence-corrected chi connectivity index (χ1v) is 5.55. The van der Waals surface area contributed by atoms with Gasteiger partial charge >= 0.3 is 0 Å². The molecule has 1 aromatic rings. The fraction of sp³-hybridized carbons (Fsp3) is 0.273. The molecule has 8 nitrogen and oxygen atoms in total. The van der Waals surface area contributed by atoms with Crippen LogP contribution in [0.1, 0.15) is 12.8 Å². The second kappa shape index (κ2) is 4.92. The number of amides is 2. The second-order valence-corrected chi connectivity index (χ2v) is 4.11. The normalized spacial score (nSPS) is 17.9. The second-order valence-electron chi connectivity index (χ2n) is 4.11. The van der Waals surface area contributed by atoms with Gasteiger partial charge < -0.3 is 15.7 Å². The maximum Gasteiger partial charge on any atom is 0.273 e. The molecular formula is C11H11N3O5. The number of nitro benzene ring substituents is 1.